The molecule has 396 valence electrons. The Morgan fingerprint density at radius 2 is 1.13 bits per heavy atom. The number of aromatic amines is 1. The van der Waals surface area contributed by atoms with Crippen LogP contribution in [0.25, 0.3) is 0 Å². The van der Waals surface area contributed by atoms with Crippen molar-refractivity contribution in [1.29, 1.82) is 0 Å². The van der Waals surface area contributed by atoms with E-state index in [1.807, 2.05) is 0 Å². The number of amides is 1. The summed E-state index contributed by atoms with van der Waals surface area (Å²) in [7, 11) is -10.2. The smallest absolute Gasteiger partial charge is 0.277 e. The van der Waals surface area contributed by atoms with Crippen LogP contribution in [0.4, 0.5) is 0 Å². The van der Waals surface area contributed by atoms with Crippen LogP contribution in [0.2, 0.25) is 0 Å². The van der Waals surface area contributed by atoms with E-state index in [1.54, 1.807) is 0 Å². The zero-order chi connectivity index (χ0) is 54.1. The molecule has 0 saturated carbocycles. The standard InChI is InChI=1S/C4H5NO2.C4H6O3S.C4H4O3S.6C4H10.C3H5NO3S.C2H4N2OS.C2H2N2OS/c1-3-2-4(6)5-7-3;2*5-4-1-2-8(6,7)3-4;6*1-4(2)3;5-3-1-4-8(6,7)2-3;5-6-2-3-1-4-6;5-2-1-3-6-4-2/h1-2H2,(H,5,6);1-3H2;1-2H,3H2;6*4H,1-3H3;4H,1-2H2;1H,2H2,(H,3,4);1H,(H,4,5). The third-order valence-corrected chi connectivity index (χ3v) is 9.59. The van der Waals surface area contributed by atoms with Gasteiger partial charge in [-0.3, -0.25) is 38.1 Å². The number of rotatable bonds is 0. The van der Waals surface area contributed by atoms with Gasteiger partial charge in [-0.15, -0.1) is 0 Å². The Hall–Kier alpha value is -3.45. The summed E-state index contributed by atoms with van der Waals surface area (Å²) in [6.45, 7) is 42.4. The first-order valence-corrected chi connectivity index (χ1v) is 29.0. The molecule has 0 radical (unpaired) electrons. The molecule has 5 aliphatic rings. The van der Waals surface area contributed by atoms with Crippen molar-refractivity contribution in [2.45, 2.75) is 137 Å². The highest BCUT2D eigenvalue weighted by molar-refractivity contribution is 7.95. The van der Waals surface area contributed by atoms with E-state index in [2.05, 4.69) is 165 Å². The van der Waals surface area contributed by atoms with E-state index in [9.17, 15) is 53.4 Å². The van der Waals surface area contributed by atoms with Gasteiger partial charge in [-0.1, -0.05) is 131 Å². The Morgan fingerprint density at radius 3 is 1.22 bits per heavy atom. The lowest BCUT2D eigenvalue weighted by Gasteiger charge is -1.87. The Kier molecular flexibility index (Phi) is 49.1. The Bertz CT molecular complexity index is 1820. The van der Waals surface area contributed by atoms with E-state index < -0.39 is 40.7 Å². The maximum absolute atomic E-state index is 10.4. The van der Waals surface area contributed by atoms with Gasteiger partial charge < -0.3 is 4.84 Å². The molecule has 1 amide bonds. The number of nitrogens with one attached hydrogen (secondary N) is 4. The summed E-state index contributed by atoms with van der Waals surface area (Å²) >= 11 is 1.05. The third kappa shape index (κ3) is 83.0. The fraction of sp³-hybridized carbons (Fsp3) is 0.744. The van der Waals surface area contributed by atoms with Crippen LogP contribution >= 0.6 is 11.7 Å². The molecule has 1 aromatic heterocycles. The van der Waals surface area contributed by atoms with Crippen LogP contribution in [0.1, 0.15) is 137 Å². The van der Waals surface area contributed by atoms with E-state index in [4.69, 9.17) is 0 Å². The average molecular weight is 1060 g/mol. The van der Waals surface area contributed by atoms with Crippen LogP contribution < -0.4 is 20.5 Å². The fourth-order valence-corrected chi connectivity index (χ4v) is 6.52. The molecule has 6 rings (SSSR count). The van der Waals surface area contributed by atoms with E-state index in [-0.39, 0.29) is 64.8 Å². The summed E-state index contributed by atoms with van der Waals surface area (Å²) < 4.78 is 82.7. The molecule has 67 heavy (non-hydrogen) atoms. The highest BCUT2D eigenvalue weighted by atomic mass is 32.2. The van der Waals surface area contributed by atoms with Crippen molar-refractivity contribution in [3.63, 3.8) is 0 Å². The molecule has 0 aromatic carbocycles. The summed E-state index contributed by atoms with van der Waals surface area (Å²) in [4.78, 5) is 58.9. The number of nitrogens with zero attached hydrogens (tertiary/aromatic N) is 2. The number of carbonyl (C=O) groups excluding carboxylic acids is 4. The number of carbonyl (C=O) groups is 4. The SMILES string of the molecule is C=C1CC(=O)NO1.CC(C)C.CC(C)C.CC(C)C.CC(C)C.CC(C)C.CC(C)C.O=C1C=CS(=O)(=O)C1.O=C1CCS(=O)(=O)C1.O=C1CNS(=O)(=O)C1.O=S1CN=CN1.O=c1cns[nH]1. The second-order valence-electron chi connectivity index (χ2n) is 18.5. The van der Waals surface area contributed by atoms with Crippen LogP contribution in [-0.2, 0) is 64.7 Å². The molecular weight excluding hydrogens is 969 g/mol. The molecule has 0 bridgehead atoms. The number of allylic oxidation sites excluding steroid dienone is 1. The summed E-state index contributed by atoms with van der Waals surface area (Å²) in [6.07, 6.45) is 4.30. The van der Waals surface area contributed by atoms with Crippen LogP contribution in [0.15, 0.2) is 39.8 Å². The van der Waals surface area contributed by atoms with Crippen molar-refractivity contribution < 1.29 is 53.5 Å². The summed E-state index contributed by atoms with van der Waals surface area (Å²) in [5.74, 6) is 4.20. The van der Waals surface area contributed by atoms with Gasteiger partial charge in [-0.25, -0.2) is 34.2 Å². The first-order valence-electron chi connectivity index (χ1n) is 21.7. The molecule has 5 aliphatic heterocycles. The monoisotopic (exact) mass is 1050 g/mol. The Morgan fingerprint density at radius 1 is 0.687 bits per heavy atom. The van der Waals surface area contributed by atoms with Crippen molar-refractivity contribution >= 4 is 82.0 Å². The molecule has 6 heterocycles. The van der Waals surface area contributed by atoms with E-state index in [1.165, 1.54) is 12.5 Å². The lowest BCUT2D eigenvalue weighted by atomic mass is 10.3. The molecule has 3 fully saturated rings. The van der Waals surface area contributed by atoms with Crippen molar-refractivity contribution in [2.24, 2.45) is 40.5 Å². The van der Waals surface area contributed by atoms with Gasteiger partial charge in [0.15, 0.2) is 31.2 Å². The zero-order valence-electron chi connectivity index (χ0n) is 43.4. The molecule has 3 saturated heterocycles. The van der Waals surface area contributed by atoms with Crippen molar-refractivity contribution in [3.8, 4) is 0 Å². The van der Waals surface area contributed by atoms with E-state index >= 15 is 0 Å². The molecule has 24 heteroatoms. The maximum atomic E-state index is 10.4. The highest BCUT2D eigenvalue weighted by Gasteiger charge is 2.25. The normalized spacial score (nSPS) is 17.9. The minimum Gasteiger partial charge on any atom is -0.384 e. The summed E-state index contributed by atoms with van der Waals surface area (Å²) in [5, 5.41) is 0.940. The quantitative estimate of drug-likeness (QED) is 0.220. The predicted molar refractivity (Wildman–Crippen MR) is 276 cm³/mol. The van der Waals surface area contributed by atoms with Crippen LogP contribution in [0, 0.1) is 35.5 Å². The fourth-order valence-electron chi connectivity index (χ4n) is 2.43. The lowest BCUT2D eigenvalue weighted by molar-refractivity contribution is -0.123. The predicted octanol–water partition coefficient (Wildman–Crippen LogP) is 6.36. The first-order chi connectivity index (χ1) is 30.3. The molecular formula is C43H86N6O13S5. The maximum Gasteiger partial charge on any atom is 0.277 e. The first kappa shape index (κ1) is 75.1. The van der Waals surface area contributed by atoms with E-state index in [0.717, 1.165) is 58.7 Å². The van der Waals surface area contributed by atoms with E-state index in [0.29, 0.717) is 18.1 Å². The van der Waals surface area contributed by atoms with Crippen molar-refractivity contribution in [1.82, 2.24) is 23.7 Å². The van der Waals surface area contributed by atoms with Crippen molar-refractivity contribution in [3.05, 3.63) is 40.4 Å². The molecule has 19 nitrogen and oxygen atoms in total. The van der Waals surface area contributed by atoms with Gasteiger partial charge in [0, 0.05) is 23.6 Å². The largest absolute Gasteiger partial charge is 0.384 e. The second kappa shape index (κ2) is 43.8. The average Bonchev–Trinajstić information content (AvgIpc) is 3.98. The number of ketones is 3. The third-order valence-electron chi connectivity index (χ3n) is 4.22. The number of hydroxylamine groups is 1. The number of hydrogen-bond acceptors (Lipinski definition) is 16. The van der Waals surface area contributed by atoms with Gasteiger partial charge in [0.05, 0.1) is 25.1 Å². The van der Waals surface area contributed by atoms with Crippen LogP contribution in [0.3, 0.4) is 0 Å². The number of Topliss-reactive ketones (excluding diaryl/α,β-unsaturated/α-hetero) is 2. The topological polar surface area (TPSA) is 291 Å². The molecule has 1 aromatic rings. The van der Waals surface area contributed by atoms with Crippen molar-refractivity contribution in [2.75, 3.05) is 35.4 Å². The van der Waals surface area contributed by atoms with Gasteiger partial charge in [0.2, 0.25) is 10.0 Å². The van der Waals surface area contributed by atoms with Gasteiger partial charge in [0.25, 0.3) is 11.5 Å². The van der Waals surface area contributed by atoms with Gasteiger partial charge in [-0.2, -0.15) is 9.85 Å². The van der Waals surface area contributed by atoms with Gasteiger partial charge >= 0.3 is 0 Å². The number of aliphatic imine (C=N–C) groups is 1. The lowest BCUT2D eigenvalue weighted by Crippen LogP contribution is -2.15. The Labute approximate surface area is 410 Å². The second-order valence-corrected chi connectivity index (χ2v) is 26.2. The molecule has 0 aliphatic carbocycles. The number of H-pyrrole nitrogens is 1. The van der Waals surface area contributed by atoms with Gasteiger partial charge in [0.1, 0.15) is 51.9 Å². The number of sulfone groups is 2. The van der Waals surface area contributed by atoms with Crippen LogP contribution in [-0.4, -0.2) is 103 Å². The summed E-state index contributed by atoms with van der Waals surface area (Å²) in [5.41, 5.74) is 2.01. The molecule has 4 N–H and O–H groups in total. The minimum atomic E-state index is -3.20. The number of aromatic nitrogens is 2. The van der Waals surface area contributed by atoms with Gasteiger partial charge in [-0.05, 0) is 41.6 Å². The zero-order valence-corrected chi connectivity index (χ0v) is 47.5. The Balaban J connectivity index is -0.000000153. The highest BCUT2D eigenvalue weighted by Crippen LogP contribution is 2.05. The minimum absolute atomic E-state index is 0.0255. The molecule has 1 unspecified atom stereocenters. The molecule has 0 spiro atoms. The number of sulfonamides is 1. The van der Waals surface area contributed by atoms with Crippen LogP contribution in [0.5, 0.6) is 0 Å². The summed E-state index contributed by atoms with van der Waals surface area (Å²) in [6, 6.07) is 0. The molecule has 1 atom stereocenters. The number of hydrogen-bond donors (Lipinski definition) is 4.